The van der Waals surface area contributed by atoms with Crippen molar-refractivity contribution in [3.05, 3.63) is 95.3 Å². The van der Waals surface area contributed by atoms with Gasteiger partial charge in [-0.1, -0.05) is 42.5 Å². The van der Waals surface area contributed by atoms with Crippen molar-refractivity contribution in [1.29, 1.82) is 0 Å². The Balaban J connectivity index is 1.65. The SMILES string of the molecule is COc1ccc(COC(=O)c2ccccc2COc2ccccc2)cc1F. The normalized spacial score (nSPS) is 10.3. The molecule has 0 aliphatic rings. The van der Waals surface area contributed by atoms with Crippen LogP contribution in [-0.4, -0.2) is 13.1 Å². The van der Waals surface area contributed by atoms with Gasteiger partial charge in [0.25, 0.3) is 0 Å². The van der Waals surface area contributed by atoms with Gasteiger partial charge in [-0.3, -0.25) is 0 Å². The van der Waals surface area contributed by atoms with E-state index in [1.807, 2.05) is 42.5 Å². The van der Waals surface area contributed by atoms with E-state index in [2.05, 4.69) is 0 Å². The number of hydrogen-bond donors (Lipinski definition) is 0. The van der Waals surface area contributed by atoms with Gasteiger partial charge in [-0.2, -0.15) is 0 Å². The molecule has 0 atom stereocenters. The van der Waals surface area contributed by atoms with Crippen molar-refractivity contribution in [3.8, 4) is 11.5 Å². The third-order valence-corrected chi connectivity index (χ3v) is 3.96. The summed E-state index contributed by atoms with van der Waals surface area (Å²) in [6, 6.07) is 20.9. The topological polar surface area (TPSA) is 44.8 Å². The van der Waals surface area contributed by atoms with Gasteiger partial charge in [0.05, 0.1) is 12.7 Å². The van der Waals surface area contributed by atoms with Gasteiger partial charge in [-0.05, 0) is 35.9 Å². The monoisotopic (exact) mass is 366 g/mol. The summed E-state index contributed by atoms with van der Waals surface area (Å²) in [7, 11) is 1.40. The number of esters is 1. The van der Waals surface area contributed by atoms with E-state index in [9.17, 15) is 9.18 Å². The summed E-state index contributed by atoms with van der Waals surface area (Å²) in [5, 5.41) is 0. The molecule has 5 heteroatoms. The number of carbonyl (C=O) groups excluding carboxylic acids is 1. The predicted octanol–water partition coefficient (Wildman–Crippen LogP) is 4.77. The van der Waals surface area contributed by atoms with E-state index in [1.54, 1.807) is 18.2 Å². The highest BCUT2D eigenvalue weighted by molar-refractivity contribution is 5.91. The molecule has 27 heavy (non-hydrogen) atoms. The molecule has 0 aliphatic carbocycles. The second-order valence-electron chi connectivity index (χ2n) is 5.80. The van der Waals surface area contributed by atoms with E-state index in [1.165, 1.54) is 19.2 Å². The molecule has 3 rings (SSSR count). The number of methoxy groups -OCH3 is 1. The molecule has 0 spiro atoms. The first-order chi connectivity index (χ1) is 13.2. The summed E-state index contributed by atoms with van der Waals surface area (Å²) in [5.41, 5.74) is 1.68. The Hall–Kier alpha value is -3.34. The van der Waals surface area contributed by atoms with Crippen LogP contribution in [-0.2, 0) is 18.0 Å². The summed E-state index contributed by atoms with van der Waals surface area (Å²) in [6.45, 7) is 0.208. The van der Waals surface area contributed by atoms with Crippen molar-refractivity contribution in [3.63, 3.8) is 0 Å². The number of halogens is 1. The number of rotatable bonds is 7. The Morgan fingerprint density at radius 2 is 1.67 bits per heavy atom. The molecule has 0 radical (unpaired) electrons. The maximum atomic E-state index is 13.7. The second-order valence-corrected chi connectivity index (χ2v) is 5.80. The first kappa shape index (κ1) is 18.5. The first-order valence-electron chi connectivity index (χ1n) is 8.42. The molecule has 0 unspecified atom stereocenters. The zero-order valence-electron chi connectivity index (χ0n) is 14.9. The summed E-state index contributed by atoms with van der Waals surface area (Å²) < 4.78 is 29.7. The second kappa shape index (κ2) is 8.85. The lowest BCUT2D eigenvalue weighted by atomic mass is 10.1. The van der Waals surface area contributed by atoms with Crippen molar-refractivity contribution in [2.75, 3.05) is 7.11 Å². The fraction of sp³-hybridized carbons (Fsp3) is 0.136. The van der Waals surface area contributed by atoms with Gasteiger partial charge in [0, 0.05) is 5.56 Å². The summed E-state index contributed by atoms with van der Waals surface area (Å²) >= 11 is 0. The predicted molar refractivity (Wildman–Crippen MR) is 99.3 cm³/mol. The minimum absolute atomic E-state index is 0.0341. The number of ether oxygens (including phenoxy) is 3. The van der Waals surface area contributed by atoms with E-state index in [-0.39, 0.29) is 19.0 Å². The van der Waals surface area contributed by atoms with Gasteiger partial charge >= 0.3 is 5.97 Å². The molecular weight excluding hydrogens is 347 g/mol. The van der Waals surface area contributed by atoms with Crippen LogP contribution in [0.4, 0.5) is 4.39 Å². The molecule has 0 bridgehead atoms. The van der Waals surface area contributed by atoms with Crippen LogP contribution in [0.3, 0.4) is 0 Å². The molecule has 0 heterocycles. The molecule has 138 valence electrons. The minimum atomic E-state index is -0.497. The van der Waals surface area contributed by atoms with E-state index < -0.39 is 11.8 Å². The molecule has 0 N–H and O–H groups in total. The average Bonchev–Trinajstić information content (AvgIpc) is 2.71. The molecule has 3 aromatic rings. The average molecular weight is 366 g/mol. The molecule has 4 nitrogen and oxygen atoms in total. The fourth-order valence-corrected chi connectivity index (χ4v) is 2.55. The Morgan fingerprint density at radius 3 is 2.41 bits per heavy atom. The zero-order chi connectivity index (χ0) is 19.1. The number of benzene rings is 3. The van der Waals surface area contributed by atoms with Crippen molar-refractivity contribution in [2.24, 2.45) is 0 Å². The maximum absolute atomic E-state index is 13.7. The van der Waals surface area contributed by atoms with Crippen LogP contribution in [0.5, 0.6) is 11.5 Å². The quantitative estimate of drug-likeness (QED) is 0.565. The van der Waals surface area contributed by atoms with Crippen LogP contribution < -0.4 is 9.47 Å². The van der Waals surface area contributed by atoms with Crippen LogP contribution in [0.15, 0.2) is 72.8 Å². The number of para-hydroxylation sites is 1. The number of carbonyl (C=O) groups is 1. The van der Waals surface area contributed by atoms with Crippen LogP contribution in [0.1, 0.15) is 21.5 Å². The molecule has 0 saturated heterocycles. The van der Waals surface area contributed by atoms with Gasteiger partial charge in [0.15, 0.2) is 11.6 Å². The van der Waals surface area contributed by atoms with E-state index in [0.29, 0.717) is 16.7 Å². The highest BCUT2D eigenvalue weighted by atomic mass is 19.1. The standard InChI is InChI=1S/C22H19FO4/c1-25-21-12-11-16(13-20(21)23)14-27-22(24)19-10-6-5-7-17(19)15-26-18-8-3-2-4-9-18/h2-13H,14-15H2,1H3. The molecule has 3 aromatic carbocycles. The Labute approximate surface area is 157 Å². The van der Waals surface area contributed by atoms with E-state index in [0.717, 1.165) is 5.75 Å². The maximum Gasteiger partial charge on any atom is 0.338 e. The molecule has 0 aromatic heterocycles. The molecule has 0 saturated carbocycles. The molecule has 0 amide bonds. The minimum Gasteiger partial charge on any atom is -0.494 e. The molecule has 0 fully saturated rings. The Kier molecular flexibility index (Phi) is 6.05. The highest BCUT2D eigenvalue weighted by Crippen LogP contribution is 2.19. The smallest absolute Gasteiger partial charge is 0.338 e. The first-order valence-corrected chi connectivity index (χ1v) is 8.42. The van der Waals surface area contributed by atoms with Crippen molar-refractivity contribution in [1.82, 2.24) is 0 Å². The Bertz CT molecular complexity index is 909. The van der Waals surface area contributed by atoms with Crippen LogP contribution in [0.2, 0.25) is 0 Å². The Morgan fingerprint density at radius 1 is 0.926 bits per heavy atom. The lowest BCUT2D eigenvalue weighted by molar-refractivity contribution is 0.0469. The van der Waals surface area contributed by atoms with Crippen molar-refractivity contribution in [2.45, 2.75) is 13.2 Å². The van der Waals surface area contributed by atoms with Crippen molar-refractivity contribution < 1.29 is 23.4 Å². The van der Waals surface area contributed by atoms with Gasteiger partial charge in [-0.15, -0.1) is 0 Å². The number of hydrogen-bond acceptors (Lipinski definition) is 4. The van der Waals surface area contributed by atoms with Gasteiger partial charge in [0.2, 0.25) is 0 Å². The fourth-order valence-electron chi connectivity index (χ4n) is 2.55. The largest absolute Gasteiger partial charge is 0.494 e. The highest BCUT2D eigenvalue weighted by Gasteiger charge is 2.14. The van der Waals surface area contributed by atoms with Gasteiger partial charge in [-0.25, -0.2) is 9.18 Å². The van der Waals surface area contributed by atoms with Crippen LogP contribution >= 0.6 is 0 Å². The summed E-state index contributed by atoms with van der Waals surface area (Å²) in [5.74, 6) is -0.121. The van der Waals surface area contributed by atoms with E-state index in [4.69, 9.17) is 14.2 Å². The van der Waals surface area contributed by atoms with Crippen molar-refractivity contribution >= 4 is 5.97 Å². The summed E-state index contributed by atoms with van der Waals surface area (Å²) in [4.78, 5) is 12.5. The van der Waals surface area contributed by atoms with Crippen LogP contribution in [0, 0.1) is 5.82 Å². The third kappa shape index (κ3) is 4.85. The lowest BCUT2D eigenvalue weighted by Gasteiger charge is -2.11. The van der Waals surface area contributed by atoms with Crippen LogP contribution in [0.25, 0.3) is 0 Å². The third-order valence-electron chi connectivity index (χ3n) is 3.96. The van der Waals surface area contributed by atoms with E-state index >= 15 is 0 Å². The van der Waals surface area contributed by atoms with Gasteiger partial charge < -0.3 is 14.2 Å². The van der Waals surface area contributed by atoms with Gasteiger partial charge in [0.1, 0.15) is 19.0 Å². The lowest BCUT2D eigenvalue weighted by Crippen LogP contribution is -2.10. The zero-order valence-corrected chi connectivity index (χ0v) is 14.9. The summed E-state index contributed by atoms with van der Waals surface area (Å²) in [6.07, 6.45) is 0. The molecular formula is C22H19FO4. The molecule has 0 aliphatic heterocycles.